The number of rotatable bonds is 4. The predicted octanol–water partition coefficient (Wildman–Crippen LogP) is 4.03. The molecule has 1 atom stereocenters. The Morgan fingerprint density at radius 1 is 0.862 bits per heavy atom. The molecule has 6 nitrogen and oxygen atoms in total. The van der Waals surface area contributed by atoms with Crippen molar-refractivity contribution in [1.29, 1.82) is 0 Å². The summed E-state index contributed by atoms with van der Waals surface area (Å²) in [4.78, 5) is 16.7. The zero-order valence-electron chi connectivity index (χ0n) is 15.6. The Hall–Kier alpha value is -3.93. The van der Waals surface area contributed by atoms with Crippen LogP contribution in [0.15, 0.2) is 91.1 Å². The van der Waals surface area contributed by atoms with E-state index in [2.05, 4.69) is 15.5 Å². The molecule has 1 aliphatic heterocycles. The third kappa shape index (κ3) is 3.25. The van der Waals surface area contributed by atoms with Crippen LogP contribution in [0.3, 0.4) is 0 Å². The molecule has 29 heavy (non-hydrogen) atoms. The van der Waals surface area contributed by atoms with E-state index in [0.29, 0.717) is 17.8 Å². The van der Waals surface area contributed by atoms with Gasteiger partial charge in [-0.3, -0.25) is 4.79 Å². The van der Waals surface area contributed by atoms with Gasteiger partial charge in [0.05, 0.1) is 17.4 Å². The van der Waals surface area contributed by atoms with E-state index < -0.39 is 6.17 Å². The van der Waals surface area contributed by atoms with E-state index in [1.807, 2.05) is 84.9 Å². The van der Waals surface area contributed by atoms with Crippen LogP contribution in [0.1, 0.15) is 27.8 Å². The van der Waals surface area contributed by atoms with Gasteiger partial charge in [0.15, 0.2) is 0 Å². The van der Waals surface area contributed by atoms with Gasteiger partial charge < -0.3 is 10.2 Å². The van der Waals surface area contributed by atoms with Gasteiger partial charge in [-0.2, -0.15) is 9.90 Å². The number of anilines is 1. The van der Waals surface area contributed by atoms with E-state index >= 15 is 0 Å². The molecule has 3 aromatic carbocycles. The molecule has 0 unspecified atom stereocenters. The summed E-state index contributed by atoms with van der Waals surface area (Å²) in [7, 11) is 0. The molecule has 2 heterocycles. The number of hydrogen-bond donors (Lipinski definition) is 1. The van der Waals surface area contributed by atoms with Crippen LogP contribution in [0.5, 0.6) is 0 Å². The SMILES string of the molecule is O=C1c2ccccc2N[C@H](c2cnn(-c3ccccc3)n2)N1Cc1ccccc1. The number of carbonyl (C=O) groups excluding carboxylic acids is 1. The Balaban J connectivity index is 1.54. The van der Waals surface area contributed by atoms with E-state index in [9.17, 15) is 4.79 Å². The molecule has 6 heteroatoms. The summed E-state index contributed by atoms with van der Waals surface area (Å²) in [5, 5.41) is 12.5. The molecule has 1 aliphatic rings. The highest BCUT2D eigenvalue weighted by Gasteiger charge is 2.34. The average molecular weight is 381 g/mol. The van der Waals surface area contributed by atoms with E-state index in [4.69, 9.17) is 0 Å². The van der Waals surface area contributed by atoms with Crippen molar-refractivity contribution in [1.82, 2.24) is 19.9 Å². The molecule has 0 saturated carbocycles. The fraction of sp³-hybridized carbons (Fsp3) is 0.0870. The van der Waals surface area contributed by atoms with E-state index in [0.717, 1.165) is 16.9 Å². The van der Waals surface area contributed by atoms with Crippen LogP contribution >= 0.6 is 0 Å². The predicted molar refractivity (Wildman–Crippen MR) is 110 cm³/mol. The van der Waals surface area contributed by atoms with Gasteiger partial charge in [-0.15, -0.1) is 5.10 Å². The number of para-hydroxylation sites is 2. The van der Waals surface area contributed by atoms with Crippen LogP contribution < -0.4 is 5.32 Å². The molecule has 4 aromatic rings. The van der Waals surface area contributed by atoms with Crippen molar-refractivity contribution < 1.29 is 4.79 Å². The van der Waals surface area contributed by atoms with Gasteiger partial charge in [0.1, 0.15) is 11.9 Å². The fourth-order valence-electron chi connectivity index (χ4n) is 3.56. The van der Waals surface area contributed by atoms with E-state index in [1.54, 1.807) is 15.9 Å². The number of hydrogen-bond acceptors (Lipinski definition) is 4. The van der Waals surface area contributed by atoms with Crippen LogP contribution in [0, 0.1) is 0 Å². The summed E-state index contributed by atoms with van der Waals surface area (Å²) in [6, 6.07) is 27.3. The maximum atomic E-state index is 13.3. The van der Waals surface area contributed by atoms with Crippen LogP contribution in [-0.2, 0) is 6.54 Å². The van der Waals surface area contributed by atoms with Crippen molar-refractivity contribution >= 4 is 11.6 Å². The molecule has 1 N–H and O–H groups in total. The molecule has 0 spiro atoms. The Morgan fingerprint density at radius 2 is 1.55 bits per heavy atom. The Bertz CT molecular complexity index is 1140. The number of nitrogens with zero attached hydrogens (tertiary/aromatic N) is 4. The minimum Gasteiger partial charge on any atom is -0.359 e. The van der Waals surface area contributed by atoms with Gasteiger partial charge in [-0.1, -0.05) is 60.7 Å². The normalized spacial score (nSPS) is 15.7. The first-order chi connectivity index (χ1) is 14.3. The van der Waals surface area contributed by atoms with Crippen LogP contribution in [0.25, 0.3) is 5.69 Å². The highest BCUT2D eigenvalue weighted by atomic mass is 16.2. The topological polar surface area (TPSA) is 63.1 Å². The Morgan fingerprint density at radius 3 is 2.34 bits per heavy atom. The summed E-state index contributed by atoms with van der Waals surface area (Å²) in [5.74, 6) is -0.0255. The number of fused-ring (bicyclic) bond motifs is 1. The molecule has 0 saturated heterocycles. The highest BCUT2D eigenvalue weighted by Crippen LogP contribution is 2.33. The minimum absolute atomic E-state index is 0.0255. The zero-order valence-corrected chi connectivity index (χ0v) is 15.6. The lowest BCUT2D eigenvalue weighted by atomic mass is 10.1. The lowest BCUT2D eigenvalue weighted by Gasteiger charge is -2.36. The second-order valence-corrected chi connectivity index (χ2v) is 6.91. The van der Waals surface area contributed by atoms with Crippen molar-refractivity contribution in [3.8, 4) is 5.69 Å². The fourth-order valence-corrected chi connectivity index (χ4v) is 3.56. The number of aromatic nitrogens is 3. The standard InChI is InChI=1S/C23H19N5O/c29-23-19-13-7-8-14-20(19)25-22(27(23)16-17-9-3-1-4-10-17)21-15-24-28(26-21)18-11-5-2-6-12-18/h1-15,22,25H,16H2/t22-/m0/s1. The zero-order chi connectivity index (χ0) is 19.6. The van der Waals surface area contributed by atoms with Crippen LogP contribution in [0.2, 0.25) is 0 Å². The number of amides is 1. The second kappa shape index (κ2) is 7.24. The minimum atomic E-state index is -0.407. The molecule has 1 amide bonds. The van der Waals surface area contributed by atoms with E-state index in [1.165, 1.54) is 0 Å². The third-order valence-corrected chi connectivity index (χ3v) is 4.99. The maximum Gasteiger partial charge on any atom is 0.258 e. The first kappa shape index (κ1) is 17.2. The molecule has 0 fully saturated rings. The van der Waals surface area contributed by atoms with Gasteiger partial charge in [0, 0.05) is 12.2 Å². The largest absolute Gasteiger partial charge is 0.359 e. The van der Waals surface area contributed by atoms with Crippen molar-refractivity contribution in [3.05, 3.63) is 108 Å². The first-order valence-corrected chi connectivity index (χ1v) is 9.48. The monoisotopic (exact) mass is 381 g/mol. The molecular weight excluding hydrogens is 362 g/mol. The summed E-state index contributed by atoms with van der Waals surface area (Å²) >= 11 is 0. The molecule has 142 valence electrons. The van der Waals surface area contributed by atoms with Crippen molar-refractivity contribution in [2.75, 3.05) is 5.32 Å². The molecule has 0 aliphatic carbocycles. The van der Waals surface area contributed by atoms with Crippen molar-refractivity contribution in [2.45, 2.75) is 12.7 Å². The molecule has 0 bridgehead atoms. The smallest absolute Gasteiger partial charge is 0.258 e. The molecule has 0 radical (unpaired) electrons. The van der Waals surface area contributed by atoms with Crippen LogP contribution in [0.4, 0.5) is 5.69 Å². The lowest BCUT2D eigenvalue weighted by Crippen LogP contribution is -2.42. The molecule has 1 aromatic heterocycles. The second-order valence-electron chi connectivity index (χ2n) is 6.91. The van der Waals surface area contributed by atoms with Crippen LogP contribution in [-0.4, -0.2) is 25.8 Å². The number of benzene rings is 3. The Kier molecular flexibility index (Phi) is 4.29. The Labute approximate surface area is 168 Å². The van der Waals surface area contributed by atoms with Crippen molar-refractivity contribution in [3.63, 3.8) is 0 Å². The highest BCUT2D eigenvalue weighted by molar-refractivity contribution is 6.01. The summed E-state index contributed by atoms with van der Waals surface area (Å²) in [6.45, 7) is 0.476. The molecule has 5 rings (SSSR count). The van der Waals surface area contributed by atoms with Gasteiger partial charge in [-0.25, -0.2) is 0 Å². The van der Waals surface area contributed by atoms with Gasteiger partial charge in [-0.05, 0) is 29.8 Å². The number of nitrogens with one attached hydrogen (secondary N) is 1. The average Bonchev–Trinajstić information content (AvgIpc) is 3.27. The number of carbonyl (C=O) groups is 1. The van der Waals surface area contributed by atoms with Gasteiger partial charge >= 0.3 is 0 Å². The van der Waals surface area contributed by atoms with Crippen molar-refractivity contribution in [2.24, 2.45) is 0 Å². The quantitative estimate of drug-likeness (QED) is 0.580. The summed E-state index contributed by atoms with van der Waals surface area (Å²) in [5.41, 5.74) is 4.09. The third-order valence-electron chi connectivity index (χ3n) is 4.99. The van der Waals surface area contributed by atoms with Gasteiger partial charge in [0.25, 0.3) is 5.91 Å². The lowest BCUT2D eigenvalue weighted by molar-refractivity contribution is 0.0662. The van der Waals surface area contributed by atoms with Gasteiger partial charge in [0.2, 0.25) is 0 Å². The maximum absolute atomic E-state index is 13.3. The molecular formula is C23H19N5O. The summed E-state index contributed by atoms with van der Waals surface area (Å²) < 4.78 is 0. The summed E-state index contributed by atoms with van der Waals surface area (Å²) in [6.07, 6.45) is 1.30. The first-order valence-electron chi connectivity index (χ1n) is 9.48. The van der Waals surface area contributed by atoms with E-state index in [-0.39, 0.29) is 5.91 Å².